The number of hydrogen-bond acceptors (Lipinski definition) is 3. The molecule has 2 rings (SSSR count). The van der Waals surface area contributed by atoms with Crippen LogP contribution in [0.3, 0.4) is 0 Å². The molecular formula is C16H23N3S2. The molecule has 0 aromatic carbocycles. The SMILES string of the molecule is CCNC(=NCCc1ccsc1)N(C)CCc1cccs1. The van der Waals surface area contributed by atoms with Gasteiger partial charge >= 0.3 is 0 Å². The summed E-state index contributed by atoms with van der Waals surface area (Å²) < 4.78 is 0. The Bertz CT molecular complexity index is 518. The van der Waals surface area contributed by atoms with E-state index in [1.54, 1.807) is 11.3 Å². The van der Waals surface area contributed by atoms with Gasteiger partial charge in [-0.1, -0.05) is 6.07 Å². The van der Waals surface area contributed by atoms with E-state index in [2.05, 4.69) is 58.5 Å². The van der Waals surface area contributed by atoms with E-state index >= 15 is 0 Å². The van der Waals surface area contributed by atoms with Gasteiger partial charge in [-0.2, -0.15) is 11.3 Å². The van der Waals surface area contributed by atoms with E-state index in [4.69, 9.17) is 4.99 Å². The Balaban J connectivity index is 1.83. The van der Waals surface area contributed by atoms with Crippen LogP contribution in [-0.4, -0.2) is 37.5 Å². The fourth-order valence-corrected chi connectivity index (χ4v) is 3.44. The van der Waals surface area contributed by atoms with Crippen LogP contribution in [0.5, 0.6) is 0 Å². The second kappa shape index (κ2) is 8.85. The standard InChI is InChI=1S/C16H23N3S2/c1-3-17-16(18-9-6-14-8-12-20-13-14)19(2)10-7-15-5-4-11-21-15/h4-5,8,11-13H,3,6-7,9-10H2,1-2H3,(H,17,18). The first kappa shape index (κ1) is 16.0. The summed E-state index contributed by atoms with van der Waals surface area (Å²) in [4.78, 5) is 8.37. The molecule has 3 nitrogen and oxygen atoms in total. The Morgan fingerprint density at radius 1 is 1.29 bits per heavy atom. The van der Waals surface area contributed by atoms with Crippen molar-refractivity contribution >= 4 is 28.6 Å². The van der Waals surface area contributed by atoms with Gasteiger partial charge in [0.2, 0.25) is 0 Å². The van der Waals surface area contributed by atoms with E-state index in [9.17, 15) is 0 Å². The van der Waals surface area contributed by atoms with E-state index < -0.39 is 0 Å². The highest BCUT2D eigenvalue weighted by Gasteiger charge is 2.06. The lowest BCUT2D eigenvalue weighted by Gasteiger charge is -2.21. The summed E-state index contributed by atoms with van der Waals surface area (Å²) in [5, 5.41) is 9.83. The fraction of sp³-hybridized carbons (Fsp3) is 0.438. The lowest BCUT2D eigenvalue weighted by molar-refractivity contribution is 0.487. The van der Waals surface area contributed by atoms with Crippen molar-refractivity contribution in [2.24, 2.45) is 4.99 Å². The van der Waals surface area contributed by atoms with Crippen LogP contribution in [0, 0.1) is 0 Å². The van der Waals surface area contributed by atoms with E-state index in [0.29, 0.717) is 0 Å². The van der Waals surface area contributed by atoms with Crippen molar-refractivity contribution in [2.75, 3.05) is 26.7 Å². The van der Waals surface area contributed by atoms with Crippen LogP contribution in [0.2, 0.25) is 0 Å². The predicted molar refractivity (Wildman–Crippen MR) is 94.7 cm³/mol. The monoisotopic (exact) mass is 321 g/mol. The molecule has 0 aliphatic carbocycles. The van der Waals surface area contributed by atoms with Crippen molar-refractivity contribution in [2.45, 2.75) is 19.8 Å². The molecule has 0 atom stereocenters. The molecule has 0 unspecified atom stereocenters. The summed E-state index contributed by atoms with van der Waals surface area (Å²) >= 11 is 3.57. The van der Waals surface area contributed by atoms with Gasteiger partial charge in [0.15, 0.2) is 5.96 Å². The molecule has 2 aromatic rings. The van der Waals surface area contributed by atoms with Gasteiger partial charge in [0.1, 0.15) is 0 Å². The van der Waals surface area contributed by atoms with Crippen LogP contribution in [-0.2, 0) is 12.8 Å². The molecule has 0 amide bonds. The normalized spacial score (nSPS) is 11.6. The molecule has 0 saturated carbocycles. The summed E-state index contributed by atoms with van der Waals surface area (Å²) in [7, 11) is 2.11. The maximum absolute atomic E-state index is 4.73. The Labute approximate surface area is 135 Å². The zero-order valence-electron chi connectivity index (χ0n) is 12.7. The van der Waals surface area contributed by atoms with E-state index in [1.165, 1.54) is 10.4 Å². The number of guanidine groups is 1. The smallest absolute Gasteiger partial charge is 0.193 e. The number of likely N-dealkylation sites (N-methyl/N-ethyl adjacent to an activating group) is 1. The van der Waals surface area contributed by atoms with Crippen LogP contribution in [0.4, 0.5) is 0 Å². The van der Waals surface area contributed by atoms with E-state index in [1.807, 2.05) is 11.3 Å². The lowest BCUT2D eigenvalue weighted by atomic mass is 10.2. The van der Waals surface area contributed by atoms with Gasteiger partial charge in [-0.25, -0.2) is 0 Å². The Morgan fingerprint density at radius 3 is 2.86 bits per heavy atom. The zero-order valence-corrected chi connectivity index (χ0v) is 14.3. The highest BCUT2D eigenvalue weighted by molar-refractivity contribution is 7.09. The molecule has 5 heteroatoms. The maximum atomic E-state index is 4.73. The second-order valence-corrected chi connectivity index (χ2v) is 6.68. The number of aliphatic imine (C=N–C) groups is 1. The van der Waals surface area contributed by atoms with Gasteiger partial charge < -0.3 is 10.2 Å². The summed E-state index contributed by atoms with van der Waals surface area (Å²) in [6, 6.07) is 6.48. The third-order valence-electron chi connectivity index (χ3n) is 3.21. The molecule has 0 saturated heterocycles. The molecular weight excluding hydrogens is 298 g/mol. The summed E-state index contributed by atoms with van der Waals surface area (Å²) in [5.41, 5.74) is 1.38. The van der Waals surface area contributed by atoms with E-state index in [-0.39, 0.29) is 0 Å². The second-order valence-electron chi connectivity index (χ2n) is 4.87. The quantitative estimate of drug-likeness (QED) is 0.624. The first-order chi connectivity index (χ1) is 10.3. The first-order valence-electron chi connectivity index (χ1n) is 7.32. The Kier molecular flexibility index (Phi) is 6.76. The number of nitrogens with zero attached hydrogens (tertiary/aromatic N) is 2. The third kappa shape index (κ3) is 5.52. The average molecular weight is 322 g/mol. The Morgan fingerprint density at radius 2 is 2.19 bits per heavy atom. The number of rotatable bonds is 7. The molecule has 21 heavy (non-hydrogen) atoms. The number of hydrogen-bond donors (Lipinski definition) is 1. The van der Waals surface area contributed by atoms with Crippen LogP contribution in [0.15, 0.2) is 39.3 Å². The molecule has 0 radical (unpaired) electrons. The van der Waals surface area contributed by atoms with Gasteiger partial charge in [-0.3, -0.25) is 4.99 Å². The fourth-order valence-electron chi connectivity index (χ4n) is 2.03. The minimum Gasteiger partial charge on any atom is -0.357 e. The predicted octanol–water partition coefficient (Wildman–Crippen LogP) is 3.49. The highest BCUT2D eigenvalue weighted by atomic mass is 32.1. The maximum Gasteiger partial charge on any atom is 0.193 e. The summed E-state index contributed by atoms with van der Waals surface area (Å²) in [5.74, 6) is 1.00. The molecule has 0 bridgehead atoms. The third-order valence-corrected chi connectivity index (χ3v) is 4.88. The molecule has 1 N–H and O–H groups in total. The lowest BCUT2D eigenvalue weighted by Crippen LogP contribution is -2.40. The van der Waals surface area contributed by atoms with Gasteiger partial charge in [0.05, 0.1) is 0 Å². The minimum atomic E-state index is 0.836. The molecule has 0 aliphatic heterocycles. The minimum absolute atomic E-state index is 0.836. The average Bonchev–Trinajstić information content (AvgIpc) is 3.17. The number of nitrogens with one attached hydrogen (secondary N) is 1. The van der Waals surface area contributed by atoms with Crippen molar-refractivity contribution in [3.63, 3.8) is 0 Å². The van der Waals surface area contributed by atoms with Gasteiger partial charge in [-0.05, 0) is 53.6 Å². The molecule has 0 aliphatic rings. The van der Waals surface area contributed by atoms with Gasteiger partial charge in [-0.15, -0.1) is 11.3 Å². The van der Waals surface area contributed by atoms with Crippen molar-refractivity contribution in [1.29, 1.82) is 0 Å². The molecule has 114 valence electrons. The van der Waals surface area contributed by atoms with Crippen molar-refractivity contribution in [1.82, 2.24) is 10.2 Å². The van der Waals surface area contributed by atoms with Gasteiger partial charge in [0.25, 0.3) is 0 Å². The highest BCUT2D eigenvalue weighted by Crippen LogP contribution is 2.09. The first-order valence-corrected chi connectivity index (χ1v) is 9.14. The molecule has 0 fully saturated rings. The van der Waals surface area contributed by atoms with E-state index in [0.717, 1.165) is 38.4 Å². The Hall–Kier alpha value is -1.33. The van der Waals surface area contributed by atoms with Crippen molar-refractivity contribution in [3.8, 4) is 0 Å². The van der Waals surface area contributed by atoms with Crippen LogP contribution >= 0.6 is 22.7 Å². The largest absolute Gasteiger partial charge is 0.357 e. The summed E-state index contributed by atoms with van der Waals surface area (Å²) in [6.07, 6.45) is 2.08. The molecule has 2 heterocycles. The van der Waals surface area contributed by atoms with Crippen molar-refractivity contribution in [3.05, 3.63) is 44.8 Å². The van der Waals surface area contributed by atoms with Crippen LogP contribution < -0.4 is 5.32 Å². The molecule has 2 aromatic heterocycles. The van der Waals surface area contributed by atoms with Crippen molar-refractivity contribution < 1.29 is 0 Å². The molecule has 0 spiro atoms. The zero-order chi connectivity index (χ0) is 14.9. The van der Waals surface area contributed by atoms with Crippen LogP contribution in [0.1, 0.15) is 17.4 Å². The summed E-state index contributed by atoms with van der Waals surface area (Å²) in [6.45, 7) is 4.84. The number of thiophene rings is 2. The topological polar surface area (TPSA) is 27.6 Å². The van der Waals surface area contributed by atoms with Crippen LogP contribution in [0.25, 0.3) is 0 Å². The van der Waals surface area contributed by atoms with Gasteiger partial charge in [0, 0.05) is 31.6 Å².